The Hall–Kier alpha value is -6.39. The summed E-state index contributed by atoms with van der Waals surface area (Å²) in [7, 11) is 0. The van der Waals surface area contributed by atoms with E-state index in [4.69, 9.17) is 25.1 Å². The van der Waals surface area contributed by atoms with Gasteiger partial charge in [-0.1, -0.05) is 135 Å². The number of rotatable bonds is 14. The first-order chi connectivity index (χ1) is 28.7. The Morgan fingerprint density at radius 1 is 0.729 bits per heavy atom. The molecule has 0 bridgehead atoms. The molecule has 7 aromatic rings. The second-order valence-corrected chi connectivity index (χ2v) is 15.7. The molecule has 1 N–H and O–H groups in total. The van der Waals surface area contributed by atoms with Gasteiger partial charge in [-0.3, -0.25) is 0 Å². The van der Waals surface area contributed by atoms with Crippen LogP contribution < -0.4 is 4.90 Å². The molecule has 0 fully saturated rings. The number of aromatic nitrogens is 6. The summed E-state index contributed by atoms with van der Waals surface area (Å²) >= 11 is 0. The van der Waals surface area contributed by atoms with Crippen LogP contribution in [0.5, 0.6) is 0 Å². The van der Waals surface area contributed by atoms with Gasteiger partial charge in [0.25, 0.3) is 0 Å². The standard InChI is InChI=1S/C49H51N7O3/c1-5-18-44-50-46(48(3,4)58)45(47(57)59-31-6-2)55(44)33-35-27-30-42-37(32-35)29-28-36-19-16-17-26-41(36)54(42)34-43-51-53-56(52-43)49(38-20-10-7-11-21-38,39-22-12-8-13-23-39)40-24-14-9-15-25-40/h7-17,19-27,30,32,58H,5-6,18,28-29,31,33-34H2,1-4H3. The van der Waals surface area contributed by atoms with Crippen molar-refractivity contribution in [2.24, 2.45) is 0 Å². The lowest BCUT2D eigenvalue weighted by molar-refractivity contribution is 0.0450. The average Bonchev–Trinajstić information content (AvgIpc) is 3.84. The van der Waals surface area contributed by atoms with Gasteiger partial charge in [0.1, 0.15) is 17.1 Å². The van der Waals surface area contributed by atoms with E-state index < -0.39 is 17.1 Å². The zero-order chi connectivity index (χ0) is 41.0. The quantitative estimate of drug-likeness (QED) is 0.0860. The molecular formula is C49H51N7O3. The van der Waals surface area contributed by atoms with Gasteiger partial charge in [0.15, 0.2) is 17.1 Å². The third kappa shape index (κ3) is 7.68. The summed E-state index contributed by atoms with van der Waals surface area (Å²) < 4.78 is 7.60. The van der Waals surface area contributed by atoms with E-state index in [-0.39, 0.29) is 0 Å². The molecule has 0 atom stereocenters. The second kappa shape index (κ2) is 16.8. The van der Waals surface area contributed by atoms with Crippen LogP contribution in [0.25, 0.3) is 0 Å². The SMILES string of the molecule is CCCOC(=O)c1c(C(C)(C)O)nc(CCC)n1Cc1ccc2c(c1)CCc1ccccc1N2Cc1nnn(C(c2ccccc2)(c2ccccc2)c2ccccc2)n1. The average molecular weight is 786 g/mol. The summed E-state index contributed by atoms with van der Waals surface area (Å²) in [5.74, 6) is 0.872. The summed E-state index contributed by atoms with van der Waals surface area (Å²) in [4.78, 5) is 22.5. The molecule has 0 radical (unpaired) electrons. The number of hydrogen-bond donors (Lipinski definition) is 1. The lowest BCUT2D eigenvalue weighted by Gasteiger charge is -2.34. The van der Waals surface area contributed by atoms with Crippen LogP contribution >= 0.6 is 0 Å². The van der Waals surface area contributed by atoms with Crippen LogP contribution in [-0.4, -0.2) is 47.4 Å². The van der Waals surface area contributed by atoms with E-state index >= 15 is 0 Å². The monoisotopic (exact) mass is 785 g/mol. The number of nitrogens with zero attached hydrogens (tertiary/aromatic N) is 7. The normalized spacial score (nSPS) is 12.8. The third-order valence-electron chi connectivity index (χ3n) is 11.1. The van der Waals surface area contributed by atoms with Crippen molar-refractivity contribution in [2.45, 2.75) is 84.0 Å². The van der Waals surface area contributed by atoms with Crippen LogP contribution in [0.1, 0.15) is 102 Å². The topological polar surface area (TPSA) is 111 Å². The van der Waals surface area contributed by atoms with Crippen molar-refractivity contribution >= 4 is 17.3 Å². The zero-order valence-corrected chi connectivity index (χ0v) is 34.3. The number of tetrazole rings is 1. The van der Waals surface area contributed by atoms with Crippen LogP contribution in [0, 0.1) is 0 Å². The highest BCUT2D eigenvalue weighted by atomic mass is 16.5. The number of imidazole rings is 1. The lowest BCUT2D eigenvalue weighted by Crippen LogP contribution is -2.39. The molecule has 300 valence electrons. The van der Waals surface area contributed by atoms with E-state index in [0.717, 1.165) is 58.7 Å². The highest BCUT2D eigenvalue weighted by Crippen LogP contribution is 2.41. The summed E-state index contributed by atoms with van der Waals surface area (Å²) in [6.07, 6.45) is 3.87. The molecular weight excluding hydrogens is 735 g/mol. The Kier molecular flexibility index (Phi) is 11.3. The molecule has 59 heavy (non-hydrogen) atoms. The van der Waals surface area contributed by atoms with E-state index in [1.54, 1.807) is 18.6 Å². The van der Waals surface area contributed by atoms with E-state index in [0.29, 0.717) is 49.8 Å². The summed E-state index contributed by atoms with van der Waals surface area (Å²) in [6, 6.07) is 46.2. The molecule has 3 heterocycles. The minimum absolute atomic E-state index is 0.294. The second-order valence-electron chi connectivity index (χ2n) is 15.7. The van der Waals surface area contributed by atoms with Gasteiger partial charge in [-0.15, -0.1) is 15.0 Å². The molecule has 8 rings (SSSR count). The number of aliphatic hydroxyl groups is 1. The fraction of sp³-hybridized carbons (Fsp3) is 0.286. The van der Waals surface area contributed by atoms with Crippen molar-refractivity contribution in [3.8, 4) is 0 Å². The van der Waals surface area contributed by atoms with Gasteiger partial charge in [-0.2, -0.15) is 0 Å². The first kappa shape index (κ1) is 39.4. The summed E-state index contributed by atoms with van der Waals surface area (Å²) in [5, 5.41) is 26.0. The minimum atomic E-state index is -1.33. The number of ether oxygens (including phenoxy) is 1. The van der Waals surface area contributed by atoms with Gasteiger partial charge in [0, 0.05) is 24.3 Å². The van der Waals surface area contributed by atoms with Crippen LogP contribution in [0.2, 0.25) is 0 Å². The van der Waals surface area contributed by atoms with Crippen LogP contribution in [0.3, 0.4) is 0 Å². The summed E-state index contributed by atoms with van der Waals surface area (Å²) in [5.41, 5.74) is 7.12. The molecule has 10 heteroatoms. The predicted octanol–water partition coefficient (Wildman–Crippen LogP) is 8.94. The van der Waals surface area contributed by atoms with Crippen molar-refractivity contribution in [2.75, 3.05) is 11.5 Å². The molecule has 0 saturated carbocycles. The number of para-hydroxylation sites is 1. The van der Waals surface area contributed by atoms with Crippen LogP contribution in [0.4, 0.5) is 11.4 Å². The zero-order valence-electron chi connectivity index (χ0n) is 34.3. The van der Waals surface area contributed by atoms with Gasteiger partial charge in [-0.25, -0.2) is 9.78 Å². The fourth-order valence-corrected chi connectivity index (χ4v) is 8.39. The number of aryl methyl sites for hydroxylation is 3. The van der Waals surface area contributed by atoms with Gasteiger partial charge >= 0.3 is 5.97 Å². The maximum atomic E-state index is 13.6. The maximum Gasteiger partial charge on any atom is 0.357 e. The lowest BCUT2D eigenvalue weighted by atomic mass is 9.77. The maximum absolute atomic E-state index is 13.6. The van der Waals surface area contributed by atoms with Gasteiger partial charge in [0.2, 0.25) is 0 Å². The first-order valence-corrected chi connectivity index (χ1v) is 20.6. The number of hydrogen-bond acceptors (Lipinski definition) is 8. The van der Waals surface area contributed by atoms with E-state index in [1.165, 1.54) is 11.1 Å². The third-order valence-corrected chi connectivity index (χ3v) is 11.1. The largest absolute Gasteiger partial charge is 0.461 e. The number of anilines is 2. The van der Waals surface area contributed by atoms with E-state index in [9.17, 15) is 9.90 Å². The molecule has 0 spiro atoms. The van der Waals surface area contributed by atoms with Crippen molar-refractivity contribution in [1.29, 1.82) is 0 Å². The van der Waals surface area contributed by atoms with Crippen LogP contribution in [-0.2, 0) is 48.2 Å². The number of esters is 1. The Bertz CT molecular complexity index is 2430. The molecule has 2 aromatic heterocycles. The smallest absolute Gasteiger partial charge is 0.357 e. The highest BCUT2D eigenvalue weighted by molar-refractivity contribution is 5.89. The van der Waals surface area contributed by atoms with Gasteiger partial charge in [0.05, 0.1) is 13.2 Å². The molecule has 0 amide bonds. The van der Waals surface area contributed by atoms with Crippen molar-refractivity contribution < 1.29 is 14.6 Å². The van der Waals surface area contributed by atoms with E-state index in [1.807, 2.05) is 29.7 Å². The van der Waals surface area contributed by atoms with Crippen LogP contribution in [0.15, 0.2) is 133 Å². The van der Waals surface area contributed by atoms with Crippen molar-refractivity contribution in [3.63, 3.8) is 0 Å². The van der Waals surface area contributed by atoms with Crippen molar-refractivity contribution in [1.82, 2.24) is 29.8 Å². The Labute approximate surface area is 346 Å². The van der Waals surface area contributed by atoms with Gasteiger partial charge < -0.3 is 19.3 Å². The van der Waals surface area contributed by atoms with E-state index in [2.05, 4.69) is 127 Å². The first-order valence-electron chi connectivity index (χ1n) is 20.6. The van der Waals surface area contributed by atoms with Gasteiger partial charge in [-0.05, 0) is 90.3 Å². The fourth-order valence-electron chi connectivity index (χ4n) is 8.39. The number of carbonyl (C=O) groups excluding carboxylic acids is 1. The number of benzene rings is 5. The molecule has 5 aromatic carbocycles. The molecule has 10 nitrogen and oxygen atoms in total. The minimum Gasteiger partial charge on any atom is -0.461 e. The highest BCUT2D eigenvalue weighted by Gasteiger charge is 2.41. The number of carbonyl (C=O) groups is 1. The Morgan fingerprint density at radius 3 is 1.93 bits per heavy atom. The van der Waals surface area contributed by atoms with Crippen molar-refractivity contribution in [3.05, 3.63) is 190 Å². The molecule has 0 aliphatic carbocycles. The summed E-state index contributed by atoms with van der Waals surface area (Å²) in [6.45, 7) is 8.48. The predicted molar refractivity (Wildman–Crippen MR) is 230 cm³/mol. The Balaban J connectivity index is 1.20. The Morgan fingerprint density at radius 2 is 1.32 bits per heavy atom. The molecule has 1 aliphatic heterocycles. The molecule has 0 saturated heterocycles. The molecule has 0 unspecified atom stereocenters. The number of fused-ring (bicyclic) bond motifs is 2. The molecule has 1 aliphatic rings.